The maximum atomic E-state index is 12.2. The van der Waals surface area contributed by atoms with E-state index in [0.717, 1.165) is 24.0 Å². The molecule has 1 aliphatic carbocycles. The quantitative estimate of drug-likeness (QED) is 0.713. The minimum atomic E-state index is -0.978. The Balaban J connectivity index is 1.49. The van der Waals surface area contributed by atoms with Crippen molar-refractivity contribution in [2.45, 2.75) is 25.9 Å². The molecule has 26 heavy (non-hydrogen) atoms. The number of nitrogens with one attached hydrogen (secondary N) is 2. The highest BCUT2D eigenvalue weighted by Gasteiger charge is 2.29. The first-order valence-corrected chi connectivity index (χ1v) is 8.50. The van der Waals surface area contributed by atoms with E-state index in [9.17, 15) is 14.4 Å². The van der Waals surface area contributed by atoms with Gasteiger partial charge in [-0.15, -0.1) is 0 Å². The van der Waals surface area contributed by atoms with E-state index < -0.39 is 5.97 Å². The molecule has 134 valence electrons. The second-order valence-electron chi connectivity index (χ2n) is 6.37. The van der Waals surface area contributed by atoms with Crippen LogP contribution < -0.4 is 10.6 Å². The third-order valence-corrected chi connectivity index (χ3v) is 4.28. The second-order valence-corrected chi connectivity index (χ2v) is 6.37. The predicted octanol–water partition coefficient (Wildman–Crippen LogP) is 2.34. The number of benzene rings is 2. The van der Waals surface area contributed by atoms with Crippen LogP contribution in [0.25, 0.3) is 0 Å². The number of aromatic carboxylic acids is 1. The Kier molecular flexibility index (Phi) is 5.31. The van der Waals surface area contributed by atoms with Gasteiger partial charge in [-0.05, 0) is 48.2 Å². The lowest BCUT2D eigenvalue weighted by Crippen LogP contribution is -2.24. The van der Waals surface area contributed by atoms with Crippen molar-refractivity contribution >= 4 is 17.8 Å². The number of hydrogen-bond acceptors (Lipinski definition) is 3. The average molecular weight is 352 g/mol. The molecule has 3 rings (SSSR count). The SMILES string of the molecule is O=C(O)c1ccc(CNC(=O)c2ccc(CNC(=O)C3CC3)cc2)cc1. The lowest BCUT2D eigenvalue weighted by Gasteiger charge is -2.08. The van der Waals surface area contributed by atoms with Crippen LogP contribution in [-0.2, 0) is 17.9 Å². The number of amides is 2. The molecule has 6 heteroatoms. The highest BCUT2D eigenvalue weighted by molar-refractivity contribution is 5.94. The molecule has 0 unspecified atom stereocenters. The molecule has 0 heterocycles. The van der Waals surface area contributed by atoms with Crippen molar-refractivity contribution in [2.24, 2.45) is 5.92 Å². The highest BCUT2D eigenvalue weighted by Crippen LogP contribution is 2.28. The summed E-state index contributed by atoms with van der Waals surface area (Å²) < 4.78 is 0. The van der Waals surface area contributed by atoms with Gasteiger partial charge in [-0.3, -0.25) is 9.59 Å². The zero-order chi connectivity index (χ0) is 18.5. The summed E-state index contributed by atoms with van der Waals surface area (Å²) in [5.74, 6) is -0.903. The second kappa shape index (κ2) is 7.82. The van der Waals surface area contributed by atoms with Crippen molar-refractivity contribution in [1.82, 2.24) is 10.6 Å². The van der Waals surface area contributed by atoms with Crippen LogP contribution in [0.15, 0.2) is 48.5 Å². The Labute approximate surface area is 151 Å². The van der Waals surface area contributed by atoms with Gasteiger partial charge in [0.05, 0.1) is 5.56 Å². The summed E-state index contributed by atoms with van der Waals surface area (Å²) in [6, 6.07) is 13.5. The Morgan fingerprint density at radius 3 is 1.81 bits per heavy atom. The fraction of sp³-hybridized carbons (Fsp3) is 0.250. The third kappa shape index (κ3) is 4.69. The van der Waals surface area contributed by atoms with E-state index in [1.54, 1.807) is 24.3 Å². The van der Waals surface area contributed by atoms with E-state index in [0.29, 0.717) is 18.7 Å². The molecule has 1 fully saturated rings. The minimum absolute atomic E-state index is 0.0979. The lowest BCUT2D eigenvalue weighted by molar-refractivity contribution is -0.122. The molecule has 0 atom stereocenters. The van der Waals surface area contributed by atoms with Gasteiger partial charge >= 0.3 is 5.97 Å². The number of hydrogen-bond donors (Lipinski definition) is 3. The normalized spacial score (nSPS) is 13.1. The minimum Gasteiger partial charge on any atom is -0.478 e. The van der Waals surface area contributed by atoms with Gasteiger partial charge in [0.1, 0.15) is 0 Å². The van der Waals surface area contributed by atoms with Crippen LogP contribution in [0.2, 0.25) is 0 Å². The van der Waals surface area contributed by atoms with E-state index in [1.807, 2.05) is 12.1 Å². The van der Waals surface area contributed by atoms with Crippen molar-refractivity contribution < 1.29 is 19.5 Å². The first-order valence-electron chi connectivity index (χ1n) is 8.50. The molecular weight excluding hydrogens is 332 g/mol. The Morgan fingerprint density at radius 2 is 1.31 bits per heavy atom. The Bertz CT molecular complexity index is 809. The average Bonchev–Trinajstić information content (AvgIpc) is 3.50. The molecule has 0 aromatic heterocycles. The summed E-state index contributed by atoms with van der Waals surface area (Å²) >= 11 is 0. The van der Waals surface area contributed by atoms with Crippen molar-refractivity contribution in [1.29, 1.82) is 0 Å². The monoisotopic (exact) mass is 352 g/mol. The topological polar surface area (TPSA) is 95.5 Å². The van der Waals surface area contributed by atoms with Crippen molar-refractivity contribution in [3.05, 3.63) is 70.8 Å². The number of carboxylic acid groups (broad SMARTS) is 1. The maximum Gasteiger partial charge on any atom is 0.335 e. The molecule has 2 aromatic rings. The molecule has 0 spiro atoms. The molecule has 1 saturated carbocycles. The van der Waals surface area contributed by atoms with Crippen molar-refractivity contribution in [2.75, 3.05) is 0 Å². The van der Waals surface area contributed by atoms with E-state index >= 15 is 0 Å². The van der Waals surface area contributed by atoms with Gasteiger partial charge in [0.2, 0.25) is 5.91 Å². The fourth-order valence-corrected chi connectivity index (χ4v) is 2.50. The smallest absolute Gasteiger partial charge is 0.335 e. The zero-order valence-electron chi connectivity index (χ0n) is 14.2. The molecule has 0 bridgehead atoms. The molecule has 0 saturated heterocycles. The van der Waals surface area contributed by atoms with Gasteiger partial charge in [-0.2, -0.15) is 0 Å². The summed E-state index contributed by atoms with van der Waals surface area (Å²) in [5, 5.41) is 14.6. The van der Waals surface area contributed by atoms with Crippen LogP contribution >= 0.6 is 0 Å². The first-order chi connectivity index (χ1) is 12.5. The van der Waals surface area contributed by atoms with Crippen LogP contribution in [0.1, 0.15) is 44.7 Å². The van der Waals surface area contributed by atoms with E-state index in [-0.39, 0.29) is 23.3 Å². The number of carbonyl (C=O) groups excluding carboxylic acids is 2. The highest BCUT2D eigenvalue weighted by atomic mass is 16.4. The van der Waals surface area contributed by atoms with Crippen LogP contribution in [0, 0.1) is 5.92 Å². The van der Waals surface area contributed by atoms with Gasteiger partial charge in [0.25, 0.3) is 5.91 Å². The molecule has 2 amide bonds. The van der Waals surface area contributed by atoms with Crippen LogP contribution in [-0.4, -0.2) is 22.9 Å². The molecule has 0 aliphatic heterocycles. The summed E-state index contributed by atoms with van der Waals surface area (Å²) in [4.78, 5) is 34.6. The molecule has 0 radical (unpaired) electrons. The molecule has 6 nitrogen and oxygen atoms in total. The lowest BCUT2D eigenvalue weighted by atomic mass is 10.1. The summed E-state index contributed by atoms with van der Waals surface area (Å²) in [5.41, 5.74) is 2.51. The molecule has 1 aliphatic rings. The molecule has 2 aromatic carbocycles. The van der Waals surface area contributed by atoms with E-state index in [1.165, 1.54) is 12.1 Å². The number of carbonyl (C=O) groups is 3. The predicted molar refractivity (Wildman–Crippen MR) is 95.6 cm³/mol. The zero-order valence-corrected chi connectivity index (χ0v) is 14.2. The first kappa shape index (κ1) is 17.7. The van der Waals surface area contributed by atoms with Gasteiger partial charge in [-0.25, -0.2) is 4.79 Å². The summed E-state index contributed by atoms with van der Waals surface area (Å²) in [6.45, 7) is 0.783. The van der Waals surface area contributed by atoms with Crippen LogP contribution in [0.4, 0.5) is 0 Å². The third-order valence-electron chi connectivity index (χ3n) is 4.28. The van der Waals surface area contributed by atoms with E-state index in [4.69, 9.17) is 5.11 Å². The fourth-order valence-electron chi connectivity index (χ4n) is 2.50. The number of rotatable bonds is 7. The molecule has 3 N–H and O–H groups in total. The Morgan fingerprint density at radius 1 is 0.808 bits per heavy atom. The van der Waals surface area contributed by atoms with Crippen LogP contribution in [0.3, 0.4) is 0 Å². The maximum absolute atomic E-state index is 12.2. The van der Waals surface area contributed by atoms with Gasteiger partial charge in [-0.1, -0.05) is 24.3 Å². The number of carboxylic acids is 1. The largest absolute Gasteiger partial charge is 0.478 e. The Hall–Kier alpha value is -3.15. The summed E-state index contributed by atoms with van der Waals surface area (Å²) in [7, 11) is 0. The van der Waals surface area contributed by atoms with E-state index in [2.05, 4.69) is 10.6 Å². The summed E-state index contributed by atoms with van der Waals surface area (Å²) in [6.07, 6.45) is 1.95. The standard InChI is InChI=1S/C20H20N2O4/c23-18(21-12-14-3-7-17(8-4-14)20(25)26)15-5-1-13(2-6-15)11-22-19(24)16-9-10-16/h1-8,16H,9-12H2,(H,21,23)(H,22,24)(H,25,26). The van der Waals surface area contributed by atoms with Gasteiger partial charge in [0, 0.05) is 24.6 Å². The van der Waals surface area contributed by atoms with Crippen LogP contribution in [0.5, 0.6) is 0 Å². The van der Waals surface area contributed by atoms with Gasteiger partial charge < -0.3 is 15.7 Å². The molecular formula is C20H20N2O4. The van der Waals surface area contributed by atoms with Crippen molar-refractivity contribution in [3.8, 4) is 0 Å². The van der Waals surface area contributed by atoms with Crippen molar-refractivity contribution in [3.63, 3.8) is 0 Å². The van der Waals surface area contributed by atoms with Gasteiger partial charge in [0.15, 0.2) is 0 Å².